The Balaban J connectivity index is 2.28. The Hall–Kier alpha value is -0.610. The highest BCUT2D eigenvalue weighted by Crippen LogP contribution is 2.02. The molecule has 0 aromatic heterocycles. The van der Waals surface area contributed by atoms with Gasteiger partial charge in [-0.1, -0.05) is 6.92 Å². The first-order valence-corrected chi connectivity index (χ1v) is 4.98. The summed E-state index contributed by atoms with van der Waals surface area (Å²) in [6.07, 6.45) is 1.64. The number of hydrogen-bond acceptors (Lipinski definition) is 3. The average molecular weight is 185 g/mol. The molecule has 1 fully saturated rings. The van der Waals surface area contributed by atoms with E-state index >= 15 is 0 Å². The minimum absolute atomic E-state index is 0.304. The van der Waals surface area contributed by atoms with Crippen LogP contribution < -0.4 is 5.43 Å². The number of amides is 1. The predicted molar refractivity (Wildman–Crippen MR) is 52.1 cm³/mol. The summed E-state index contributed by atoms with van der Waals surface area (Å²) >= 11 is 0. The van der Waals surface area contributed by atoms with Crippen LogP contribution in [0.3, 0.4) is 0 Å². The molecule has 0 atom stereocenters. The summed E-state index contributed by atoms with van der Waals surface area (Å²) in [7, 11) is 1.92. The summed E-state index contributed by atoms with van der Waals surface area (Å²) in [4.78, 5) is 13.4. The van der Waals surface area contributed by atoms with E-state index in [0.29, 0.717) is 12.3 Å². The molecular formula is C9H19N3O. The fourth-order valence-electron chi connectivity index (χ4n) is 1.55. The van der Waals surface area contributed by atoms with Crippen LogP contribution in [0.15, 0.2) is 0 Å². The topological polar surface area (TPSA) is 35.6 Å². The van der Waals surface area contributed by atoms with Crippen molar-refractivity contribution in [2.24, 2.45) is 0 Å². The van der Waals surface area contributed by atoms with Gasteiger partial charge in [0, 0.05) is 32.6 Å². The van der Waals surface area contributed by atoms with Gasteiger partial charge in [0.05, 0.1) is 0 Å². The SMILES string of the molecule is CCCC(=O)N1CCN(NC)CC1. The zero-order chi connectivity index (χ0) is 9.68. The van der Waals surface area contributed by atoms with Crippen LogP contribution >= 0.6 is 0 Å². The molecule has 1 aliphatic rings. The Morgan fingerprint density at radius 2 is 1.92 bits per heavy atom. The molecule has 0 radical (unpaired) electrons. The molecule has 4 heteroatoms. The van der Waals surface area contributed by atoms with E-state index in [1.807, 2.05) is 18.9 Å². The maximum atomic E-state index is 11.5. The molecule has 1 N–H and O–H groups in total. The number of hydrogen-bond donors (Lipinski definition) is 1. The number of carbonyl (C=O) groups is 1. The van der Waals surface area contributed by atoms with E-state index in [1.54, 1.807) is 0 Å². The maximum absolute atomic E-state index is 11.5. The molecule has 1 amide bonds. The van der Waals surface area contributed by atoms with E-state index < -0.39 is 0 Å². The van der Waals surface area contributed by atoms with Gasteiger partial charge in [-0.05, 0) is 13.5 Å². The highest BCUT2D eigenvalue weighted by molar-refractivity contribution is 5.76. The quantitative estimate of drug-likeness (QED) is 0.675. The third-order valence-electron chi connectivity index (χ3n) is 2.41. The normalized spacial score (nSPS) is 19.1. The predicted octanol–water partition coefficient (Wildman–Crippen LogP) is 0.0651. The van der Waals surface area contributed by atoms with Crippen LogP contribution in [0, 0.1) is 0 Å². The summed E-state index contributed by atoms with van der Waals surface area (Å²) in [5.74, 6) is 0.304. The lowest BCUT2D eigenvalue weighted by Gasteiger charge is -2.34. The van der Waals surface area contributed by atoms with Crippen molar-refractivity contribution in [3.05, 3.63) is 0 Å². The minimum Gasteiger partial charge on any atom is -0.340 e. The van der Waals surface area contributed by atoms with Crippen LogP contribution in [0.25, 0.3) is 0 Å². The summed E-state index contributed by atoms with van der Waals surface area (Å²) in [5, 5.41) is 2.13. The molecule has 1 aliphatic heterocycles. The largest absolute Gasteiger partial charge is 0.340 e. The number of nitrogens with one attached hydrogen (secondary N) is 1. The van der Waals surface area contributed by atoms with Gasteiger partial charge < -0.3 is 4.90 Å². The molecule has 76 valence electrons. The Morgan fingerprint density at radius 3 is 2.38 bits per heavy atom. The third kappa shape index (κ3) is 2.97. The molecule has 0 bridgehead atoms. The first kappa shape index (κ1) is 10.5. The van der Waals surface area contributed by atoms with Crippen molar-refractivity contribution in [1.82, 2.24) is 15.3 Å². The van der Waals surface area contributed by atoms with E-state index in [2.05, 4.69) is 10.4 Å². The fraction of sp³-hybridized carbons (Fsp3) is 0.889. The van der Waals surface area contributed by atoms with Crippen molar-refractivity contribution in [3.8, 4) is 0 Å². The smallest absolute Gasteiger partial charge is 0.222 e. The number of hydrazine groups is 1. The van der Waals surface area contributed by atoms with Crippen molar-refractivity contribution in [3.63, 3.8) is 0 Å². The minimum atomic E-state index is 0.304. The highest BCUT2D eigenvalue weighted by atomic mass is 16.2. The molecule has 0 spiro atoms. The number of piperazine rings is 1. The molecule has 0 aromatic rings. The van der Waals surface area contributed by atoms with Crippen LogP contribution in [-0.2, 0) is 4.79 Å². The van der Waals surface area contributed by atoms with Crippen molar-refractivity contribution in [2.45, 2.75) is 19.8 Å². The number of nitrogens with zero attached hydrogens (tertiary/aromatic N) is 2. The molecule has 4 nitrogen and oxygen atoms in total. The second-order valence-electron chi connectivity index (χ2n) is 3.34. The van der Waals surface area contributed by atoms with Crippen LogP contribution in [-0.4, -0.2) is 49.0 Å². The molecule has 1 saturated heterocycles. The lowest BCUT2D eigenvalue weighted by Crippen LogP contribution is -2.52. The molecule has 1 rings (SSSR count). The Bertz CT molecular complexity index is 164. The first-order valence-electron chi connectivity index (χ1n) is 4.98. The Labute approximate surface area is 79.9 Å². The van der Waals surface area contributed by atoms with Gasteiger partial charge in [-0.25, -0.2) is 5.01 Å². The lowest BCUT2D eigenvalue weighted by molar-refractivity contribution is -0.133. The first-order chi connectivity index (χ1) is 6.27. The second-order valence-corrected chi connectivity index (χ2v) is 3.34. The molecule has 0 saturated carbocycles. The lowest BCUT2D eigenvalue weighted by atomic mass is 10.2. The van der Waals surface area contributed by atoms with Crippen molar-refractivity contribution >= 4 is 5.91 Å². The fourth-order valence-corrected chi connectivity index (χ4v) is 1.55. The van der Waals surface area contributed by atoms with Crippen LogP contribution in [0.2, 0.25) is 0 Å². The van der Waals surface area contributed by atoms with Gasteiger partial charge in [-0.15, -0.1) is 0 Å². The second kappa shape index (κ2) is 5.19. The van der Waals surface area contributed by atoms with Crippen molar-refractivity contribution in [1.29, 1.82) is 0 Å². The average Bonchev–Trinajstić information content (AvgIpc) is 2.18. The number of rotatable bonds is 3. The molecule has 1 heterocycles. The van der Waals surface area contributed by atoms with E-state index in [4.69, 9.17) is 0 Å². The Morgan fingerprint density at radius 1 is 1.31 bits per heavy atom. The summed E-state index contributed by atoms with van der Waals surface area (Å²) in [5.41, 5.74) is 3.09. The third-order valence-corrected chi connectivity index (χ3v) is 2.41. The van der Waals surface area contributed by atoms with Gasteiger partial charge in [0.15, 0.2) is 0 Å². The van der Waals surface area contributed by atoms with Gasteiger partial charge in [-0.3, -0.25) is 10.2 Å². The molecule has 0 aliphatic carbocycles. The van der Waals surface area contributed by atoms with Crippen molar-refractivity contribution in [2.75, 3.05) is 33.2 Å². The maximum Gasteiger partial charge on any atom is 0.222 e. The van der Waals surface area contributed by atoms with Gasteiger partial charge in [0.2, 0.25) is 5.91 Å². The molecule has 0 unspecified atom stereocenters. The summed E-state index contributed by atoms with van der Waals surface area (Å²) in [6.45, 7) is 5.64. The van der Waals surface area contributed by atoms with Crippen LogP contribution in [0.4, 0.5) is 0 Å². The van der Waals surface area contributed by atoms with Gasteiger partial charge in [0.1, 0.15) is 0 Å². The summed E-state index contributed by atoms with van der Waals surface area (Å²) < 4.78 is 0. The zero-order valence-corrected chi connectivity index (χ0v) is 8.55. The van der Waals surface area contributed by atoms with E-state index in [1.165, 1.54) is 0 Å². The standard InChI is InChI=1S/C9H19N3O/c1-3-4-9(13)11-5-7-12(10-2)8-6-11/h10H,3-8H2,1-2H3. The number of carbonyl (C=O) groups excluding carboxylic acids is 1. The van der Waals surface area contributed by atoms with E-state index in [9.17, 15) is 4.79 Å². The molecule has 13 heavy (non-hydrogen) atoms. The zero-order valence-electron chi connectivity index (χ0n) is 8.55. The van der Waals surface area contributed by atoms with Crippen molar-refractivity contribution < 1.29 is 4.79 Å². The summed E-state index contributed by atoms with van der Waals surface area (Å²) in [6, 6.07) is 0. The highest BCUT2D eigenvalue weighted by Gasteiger charge is 2.18. The van der Waals surface area contributed by atoms with Gasteiger partial charge in [0.25, 0.3) is 0 Å². The Kier molecular flexibility index (Phi) is 4.18. The van der Waals surface area contributed by atoms with E-state index in [-0.39, 0.29) is 0 Å². The molecule has 0 aromatic carbocycles. The van der Waals surface area contributed by atoms with E-state index in [0.717, 1.165) is 32.6 Å². The van der Waals surface area contributed by atoms with Crippen LogP contribution in [0.1, 0.15) is 19.8 Å². The van der Waals surface area contributed by atoms with Gasteiger partial charge >= 0.3 is 0 Å². The monoisotopic (exact) mass is 185 g/mol. The van der Waals surface area contributed by atoms with Gasteiger partial charge in [-0.2, -0.15) is 0 Å². The molecular weight excluding hydrogens is 166 g/mol. The van der Waals surface area contributed by atoms with Crippen LogP contribution in [0.5, 0.6) is 0 Å².